The Balaban J connectivity index is 2.19. The number of pyridine rings is 2. The predicted octanol–water partition coefficient (Wildman–Crippen LogP) is 3.47. The Kier molecular flexibility index (Phi) is 7.17. The van der Waals surface area contributed by atoms with E-state index >= 15 is 0 Å². The molecule has 0 radical (unpaired) electrons. The molecule has 0 aromatic carbocycles. The molecule has 3 N–H and O–H groups in total. The zero-order valence-corrected chi connectivity index (χ0v) is 17.0. The Morgan fingerprint density at radius 2 is 2.00 bits per heavy atom. The average Bonchev–Trinajstić information content (AvgIpc) is 2.65. The molecular weight excluding hydrogens is 360 g/mol. The second-order valence-electron chi connectivity index (χ2n) is 7.31. The third-order valence-electron chi connectivity index (χ3n) is 3.95. The number of amides is 1. The highest BCUT2D eigenvalue weighted by molar-refractivity contribution is 5.84. The topological polar surface area (TPSA) is 109 Å². The number of nitrogens with one attached hydrogen (secondary N) is 1. The van der Waals surface area contributed by atoms with Crippen LogP contribution in [0, 0.1) is 5.92 Å². The molecule has 2 heterocycles. The van der Waals surface area contributed by atoms with Crippen LogP contribution >= 0.6 is 0 Å². The Morgan fingerprint density at radius 3 is 2.64 bits per heavy atom. The van der Waals surface area contributed by atoms with Crippen LogP contribution in [0.25, 0.3) is 11.3 Å². The molecule has 0 aliphatic heterocycles. The molecule has 1 amide bonds. The maximum atomic E-state index is 11.4. The van der Waals surface area contributed by atoms with Crippen molar-refractivity contribution in [3.05, 3.63) is 30.6 Å². The van der Waals surface area contributed by atoms with Gasteiger partial charge in [-0.2, -0.15) is 0 Å². The molecule has 2 aromatic rings. The van der Waals surface area contributed by atoms with E-state index < -0.39 is 11.6 Å². The van der Waals surface area contributed by atoms with Crippen molar-refractivity contribution in [2.45, 2.75) is 32.7 Å². The van der Waals surface area contributed by atoms with Crippen LogP contribution < -0.4 is 20.5 Å². The van der Waals surface area contributed by atoms with Crippen molar-refractivity contribution >= 4 is 11.9 Å². The first-order chi connectivity index (χ1) is 13.2. The monoisotopic (exact) mass is 388 g/mol. The first-order valence-corrected chi connectivity index (χ1v) is 9.01. The molecule has 0 spiro atoms. The summed E-state index contributed by atoms with van der Waals surface area (Å²) in [5, 5.41) is 2.52. The molecule has 8 heteroatoms. The van der Waals surface area contributed by atoms with E-state index in [1.165, 1.54) is 7.11 Å². The maximum Gasteiger partial charge on any atom is 0.412 e. The van der Waals surface area contributed by atoms with Gasteiger partial charge in [0.25, 0.3) is 0 Å². The number of ether oxygens (including phenoxy) is 3. The minimum Gasteiger partial charge on any atom is -0.493 e. The van der Waals surface area contributed by atoms with E-state index in [1.54, 1.807) is 37.7 Å². The maximum absolute atomic E-state index is 11.4. The lowest BCUT2D eigenvalue weighted by molar-refractivity contribution is 0.187. The van der Waals surface area contributed by atoms with Crippen molar-refractivity contribution in [1.82, 2.24) is 9.97 Å². The highest BCUT2D eigenvalue weighted by Crippen LogP contribution is 2.31. The van der Waals surface area contributed by atoms with E-state index in [0.29, 0.717) is 35.5 Å². The fourth-order valence-electron chi connectivity index (χ4n) is 2.90. The average molecular weight is 388 g/mol. The molecule has 0 aliphatic carbocycles. The van der Waals surface area contributed by atoms with Crippen LogP contribution in [0.15, 0.2) is 30.6 Å². The van der Waals surface area contributed by atoms with Gasteiger partial charge >= 0.3 is 6.09 Å². The van der Waals surface area contributed by atoms with Crippen LogP contribution in [0.2, 0.25) is 0 Å². The lowest BCUT2D eigenvalue weighted by atomic mass is 9.93. The molecule has 1 unspecified atom stereocenters. The highest BCUT2D eigenvalue weighted by atomic mass is 16.5. The molecule has 0 fully saturated rings. The second-order valence-corrected chi connectivity index (χ2v) is 7.31. The second kappa shape index (κ2) is 9.36. The molecule has 0 saturated carbocycles. The van der Waals surface area contributed by atoms with Gasteiger partial charge in [0.2, 0.25) is 0 Å². The summed E-state index contributed by atoms with van der Waals surface area (Å²) in [5.74, 6) is 1.90. The van der Waals surface area contributed by atoms with Crippen molar-refractivity contribution < 1.29 is 19.0 Å². The first-order valence-electron chi connectivity index (χ1n) is 9.01. The molecular formula is C20H28N4O4. The van der Waals surface area contributed by atoms with Crippen LogP contribution in [-0.2, 0) is 4.74 Å². The number of nitrogens with two attached hydrogens (primary N) is 1. The van der Waals surface area contributed by atoms with Gasteiger partial charge in [0.05, 0.1) is 26.1 Å². The quantitative estimate of drug-likeness (QED) is 0.712. The van der Waals surface area contributed by atoms with Crippen molar-refractivity contribution in [1.29, 1.82) is 0 Å². The van der Waals surface area contributed by atoms with E-state index in [0.717, 1.165) is 12.0 Å². The van der Waals surface area contributed by atoms with E-state index in [-0.39, 0.29) is 0 Å². The van der Waals surface area contributed by atoms with E-state index in [4.69, 9.17) is 15.2 Å². The molecule has 2 aromatic heterocycles. The minimum absolute atomic E-state index is 0.352. The number of nitrogens with zero attached hydrogens (tertiary/aromatic N) is 2. The summed E-state index contributed by atoms with van der Waals surface area (Å²) >= 11 is 0. The lowest BCUT2D eigenvalue weighted by Crippen LogP contribution is -2.43. The number of carbonyl (C=O) groups excluding carboxylic acids is 1. The van der Waals surface area contributed by atoms with Crippen molar-refractivity contribution in [3.63, 3.8) is 0 Å². The van der Waals surface area contributed by atoms with Crippen LogP contribution in [0.3, 0.4) is 0 Å². The summed E-state index contributed by atoms with van der Waals surface area (Å²) in [6.45, 7) is 6.57. The number of anilines is 1. The fourth-order valence-corrected chi connectivity index (χ4v) is 2.90. The van der Waals surface area contributed by atoms with E-state index in [1.807, 2.05) is 6.92 Å². The van der Waals surface area contributed by atoms with Gasteiger partial charge in [0.15, 0.2) is 11.5 Å². The number of hydrogen-bond donors (Lipinski definition) is 2. The first kappa shape index (κ1) is 21.4. The van der Waals surface area contributed by atoms with Gasteiger partial charge in [0, 0.05) is 23.4 Å². The van der Waals surface area contributed by atoms with Crippen LogP contribution in [0.1, 0.15) is 27.2 Å². The Morgan fingerprint density at radius 1 is 1.25 bits per heavy atom. The summed E-state index contributed by atoms with van der Waals surface area (Å²) in [7, 11) is 2.86. The zero-order chi connectivity index (χ0) is 20.7. The lowest BCUT2D eigenvalue weighted by Gasteiger charge is -2.27. The molecule has 152 valence electrons. The molecule has 2 rings (SSSR count). The van der Waals surface area contributed by atoms with Gasteiger partial charge in [-0.1, -0.05) is 13.8 Å². The van der Waals surface area contributed by atoms with Gasteiger partial charge < -0.3 is 19.9 Å². The SMILES string of the molecule is COC(=O)Nc1cc(-c2cc(OC)c(OCC(C)(N)CC(C)C)cn2)ccn1. The Hall–Kier alpha value is -2.87. The summed E-state index contributed by atoms with van der Waals surface area (Å²) in [6.07, 6.45) is 3.43. The summed E-state index contributed by atoms with van der Waals surface area (Å²) in [6, 6.07) is 5.24. The number of rotatable bonds is 8. The predicted molar refractivity (Wildman–Crippen MR) is 108 cm³/mol. The molecule has 8 nitrogen and oxygen atoms in total. The number of methoxy groups -OCH3 is 2. The van der Waals surface area contributed by atoms with Gasteiger partial charge in [-0.3, -0.25) is 10.3 Å². The molecule has 28 heavy (non-hydrogen) atoms. The zero-order valence-electron chi connectivity index (χ0n) is 17.0. The molecule has 1 atom stereocenters. The number of aromatic nitrogens is 2. The largest absolute Gasteiger partial charge is 0.493 e. The third kappa shape index (κ3) is 6.09. The summed E-state index contributed by atoms with van der Waals surface area (Å²) in [4.78, 5) is 19.9. The molecule has 0 aliphatic rings. The number of hydrogen-bond acceptors (Lipinski definition) is 7. The van der Waals surface area contributed by atoms with Gasteiger partial charge in [0.1, 0.15) is 12.4 Å². The van der Waals surface area contributed by atoms with Crippen molar-refractivity contribution in [3.8, 4) is 22.8 Å². The normalized spacial score (nSPS) is 13.0. The van der Waals surface area contributed by atoms with Gasteiger partial charge in [-0.05, 0) is 31.4 Å². The van der Waals surface area contributed by atoms with Crippen LogP contribution in [0.5, 0.6) is 11.5 Å². The highest BCUT2D eigenvalue weighted by Gasteiger charge is 2.22. The molecule has 0 bridgehead atoms. The standard InChI is InChI=1S/C20H28N4O4/c1-13(2)10-20(3,21)12-28-17-11-23-15(9-16(17)26-4)14-6-7-22-18(8-14)24-19(25)27-5/h6-9,11,13H,10,12,21H2,1-5H3,(H,22,24,25). The third-order valence-corrected chi connectivity index (χ3v) is 3.95. The Bertz CT molecular complexity index is 809. The van der Waals surface area contributed by atoms with E-state index in [2.05, 4.69) is 33.9 Å². The van der Waals surface area contributed by atoms with Gasteiger partial charge in [-0.15, -0.1) is 0 Å². The van der Waals surface area contributed by atoms with Crippen molar-refractivity contribution in [2.24, 2.45) is 11.7 Å². The van der Waals surface area contributed by atoms with E-state index in [9.17, 15) is 4.79 Å². The van der Waals surface area contributed by atoms with Crippen LogP contribution in [-0.4, -0.2) is 42.4 Å². The van der Waals surface area contributed by atoms with Crippen LogP contribution in [0.4, 0.5) is 10.6 Å². The fraction of sp³-hybridized carbons (Fsp3) is 0.450. The van der Waals surface area contributed by atoms with Crippen molar-refractivity contribution in [2.75, 3.05) is 26.1 Å². The number of carbonyl (C=O) groups is 1. The molecule has 0 saturated heterocycles. The summed E-state index contributed by atoms with van der Waals surface area (Å²) in [5.41, 5.74) is 7.27. The summed E-state index contributed by atoms with van der Waals surface area (Å²) < 4.78 is 15.9. The minimum atomic E-state index is -0.592. The smallest absolute Gasteiger partial charge is 0.412 e. The van der Waals surface area contributed by atoms with Gasteiger partial charge in [-0.25, -0.2) is 9.78 Å². The Labute approximate surface area is 165 Å².